The number of halogens is 1. The van der Waals surface area contributed by atoms with Crippen molar-refractivity contribution < 1.29 is 9.90 Å². The predicted molar refractivity (Wildman–Crippen MR) is 102 cm³/mol. The third-order valence-electron chi connectivity index (χ3n) is 4.21. The first-order valence-electron chi connectivity index (χ1n) is 9.10. The number of hydrogen-bond donors (Lipinski definition) is 1. The molecule has 1 rings (SSSR count). The number of carbonyl (C=O) groups is 1. The van der Waals surface area contributed by atoms with Crippen LogP contribution in [-0.2, 0) is 4.79 Å². The zero-order valence-corrected chi connectivity index (χ0v) is 16.0. The van der Waals surface area contributed by atoms with Crippen molar-refractivity contribution in [3.63, 3.8) is 0 Å². The molecule has 0 bridgehead atoms. The van der Waals surface area contributed by atoms with E-state index >= 15 is 0 Å². The van der Waals surface area contributed by atoms with Crippen molar-refractivity contribution in [2.75, 3.05) is 6.61 Å². The molecule has 1 aliphatic rings. The number of carbonyl (C=O) groups excluding carboxylic acids is 1. The molecule has 130 valence electrons. The van der Waals surface area contributed by atoms with Gasteiger partial charge in [-0.2, -0.15) is 0 Å². The standard InChI is InChI=1S/C20H31BrO2/c1-2-3-4-5-7-10-13-17-16-19(21)20(23)18(17)14-11-8-6-9-12-15-22/h10,13-14,16-17,22H,2-9,11-12,15H2,1H3/b13-10+,18-14-. The van der Waals surface area contributed by atoms with Gasteiger partial charge in [0.25, 0.3) is 0 Å². The molecule has 0 spiro atoms. The largest absolute Gasteiger partial charge is 0.396 e. The van der Waals surface area contributed by atoms with Crippen molar-refractivity contribution >= 4 is 21.7 Å². The first-order valence-corrected chi connectivity index (χ1v) is 9.89. The highest BCUT2D eigenvalue weighted by molar-refractivity contribution is 9.12. The van der Waals surface area contributed by atoms with Crippen LogP contribution in [0.25, 0.3) is 0 Å². The lowest BCUT2D eigenvalue weighted by molar-refractivity contribution is -0.111. The van der Waals surface area contributed by atoms with E-state index in [4.69, 9.17) is 5.11 Å². The summed E-state index contributed by atoms with van der Waals surface area (Å²) in [4.78, 5) is 12.2. The average molecular weight is 383 g/mol. The number of Topliss-reactive ketones (excluding diaryl/α,β-unsaturated/α-hetero) is 1. The number of aliphatic hydroxyl groups excluding tert-OH is 1. The Labute approximate surface area is 149 Å². The fourth-order valence-electron chi connectivity index (χ4n) is 2.80. The molecule has 1 unspecified atom stereocenters. The lowest BCUT2D eigenvalue weighted by Gasteiger charge is -2.05. The molecular weight excluding hydrogens is 352 g/mol. The maximum absolute atomic E-state index is 12.2. The Morgan fingerprint density at radius 2 is 1.78 bits per heavy atom. The molecule has 0 saturated carbocycles. The molecule has 0 fully saturated rings. The van der Waals surface area contributed by atoms with Crippen molar-refractivity contribution in [2.24, 2.45) is 5.92 Å². The highest BCUT2D eigenvalue weighted by Gasteiger charge is 2.26. The smallest absolute Gasteiger partial charge is 0.196 e. The number of aliphatic hydroxyl groups is 1. The van der Waals surface area contributed by atoms with E-state index in [-0.39, 0.29) is 18.3 Å². The summed E-state index contributed by atoms with van der Waals surface area (Å²) in [6.45, 7) is 2.50. The Balaban J connectivity index is 2.42. The van der Waals surface area contributed by atoms with E-state index < -0.39 is 0 Å². The van der Waals surface area contributed by atoms with Crippen LogP contribution in [0.2, 0.25) is 0 Å². The van der Waals surface area contributed by atoms with Gasteiger partial charge in [-0.1, -0.05) is 63.3 Å². The van der Waals surface area contributed by atoms with Gasteiger partial charge in [0.2, 0.25) is 0 Å². The highest BCUT2D eigenvalue weighted by atomic mass is 79.9. The Hall–Kier alpha value is -0.670. The summed E-state index contributed by atoms with van der Waals surface area (Å²) in [5, 5.41) is 8.77. The van der Waals surface area contributed by atoms with Gasteiger partial charge in [0.05, 0.1) is 4.48 Å². The molecule has 0 aromatic carbocycles. The minimum absolute atomic E-state index is 0.139. The molecule has 1 aliphatic carbocycles. The summed E-state index contributed by atoms with van der Waals surface area (Å²) in [6, 6.07) is 0. The maximum Gasteiger partial charge on any atom is 0.196 e. The number of hydrogen-bond acceptors (Lipinski definition) is 2. The molecule has 0 saturated heterocycles. The van der Waals surface area contributed by atoms with Gasteiger partial charge in [-0.05, 0) is 48.0 Å². The molecule has 0 amide bonds. The van der Waals surface area contributed by atoms with Crippen molar-refractivity contribution in [2.45, 2.75) is 71.1 Å². The predicted octanol–water partition coefficient (Wildman–Crippen LogP) is 5.86. The molecule has 1 atom stereocenters. The van der Waals surface area contributed by atoms with E-state index in [1.54, 1.807) is 0 Å². The monoisotopic (exact) mass is 382 g/mol. The first-order chi connectivity index (χ1) is 11.2. The van der Waals surface area contributed by atoms with Gasteiger partial charge < -0.3 is 5.11 Å². The molecule has 0 radical (unpaired) electrons. The SMILES string of the molecule is CCCCCC/C=C/C1C=C(Br)C(=O)/C1=C\CCCCCCO. The van der Waals surface area contributed by atoms with Crippen molar-refractivity contribution in [3.05, 3.63) is 34.4 Å². The van der Waals surface area contributed by atoms with Crippen molar-refractivity contribution in [1.82, 2.24) is 0 Å². The molecule has 0 aliphatic heterocycles. The Morgan fingerprint density at radius 3 is 2.52 bits per heavy atom. The lowest BCUT2D eigenvalue weighted by Crippen LogP contribution is -2.01. The molecule has 0 aromatic rings. The molecule has 2 nitrogen and oxygen atoms in total. The molecule has 3 heteroatoms. The van der Waals surface area contributed by atoms with E-state index in [1.165, 1.54) is 25.7 Å². The van der Waals surface area contributed by atoms with Crippen molar-refractivity contribution in [3.8, 4) is 0 Å². The third-order valence-corrected chi connectivity index (χ3v) is 4.83. The quantitative estimate of drug-likeness (QED) is 0.260. The summed E-state index contributed by atoms with van der Waals surface area (Å²) < 4.78 is 0.699. The molecule has 23 heavy (non-hydrogen) atoms. The third kappa shape index (κ3) is 8.12. The van der Waals surface area contributed by atoms with Crippen molar-refractivity contribution in [1.29, 1.82) is 0 Å². The van der Waals surface area contributed by atoms with E-state index in [0.29, 0.717) is 4.48 Å². The normalized spacial score (nSPS) is 20.0. The van der Waals surface area contributed by atoms with Crippen LogP contribution >= 0.6 is 15.9 Å². The van der Waals surface area contributed by atoms with Crippen LogP contribution in [0.15, 0.2) is 34.4 Å². The first kappa shape index (κ1) is 20.4. The zero-order chi connectivity index (χ0) is 16.9. The second-order valence-electron chi connectivity index (χ2n) is 6.23. The number of rotatable bonds is 12. The van der Waals surface area contributed by atoms with Gasteiger partial charge in [-0.3, -0.25) is 4.79 Å². The Morgan fingerprint density at radius 1 is 1.09 bits per heavy atom. The van der Waals surface area contributed by atoms with E-state index in [2.05, 4.69) is 41.1 Å². The van der Waals surface area contributed by atoms with Crippen LogP contribution in [0.5, 0.6) is 0 Å². The molecule has 1 N–H and O–H groups in total. The van der Waals surface area contributed by atoms with E-state index in [1.807, 2.05) is 6.08 Å². The van der Waals surface area contributed by atoms with Crippen LogP contribution in [0.3, 0.4) is 0 Å². The van der Waals surface area contributed by atoms with E-state index in [9.17, 15) is 4.79 Å². The average Bonchev–Trinajstić information content (AvgIpc) is 2.81. The summed E-state index contributed by atoms with van der Waals surface area (Å²) in [5.74, 6) is 0.279. The second-order valence-corrected chi connectivity index (χ2v) is 7.09. The fourth-order valence-corrected chi connectivity index (χ4v) is 3.31. The zero-order valence-electron chi connectivity index (χ0n) is 14.4. The maximum atomic E-state index is 12.2. The lowest BCUT2D eigenvalue weighted by atomic mass is 9.98. The number of allylic oxidation sites excluding steroid dienone is 6. The summed E-state index contributed by atoms with van der Waals surface area (Å²) >= 11 is 3.38. The summed E-state index contributed by atoms with van der Waals surface area (Å²) in [7, 11) is 0. The van der Waals surface area contributed by atoms with Gasteiger partial charge in [0, 0.05) is 18.1 Å². The van der Waals surface area contributed by atoms with E-state index in [0.717, 1.165) is 44.1 Å². The second kappa shape index (κ2) is 12.7. The van der Waals surface area contributed by atoms with Crippen LogP contribution in [0.1, 0.15) is 71.1 Å². The van der Waals surface area contributed by atoms with Crippen LogP contribution in [0, 0.1) is 5.92 Å². The highest BCUT2D eigenvalue weighted by Crippen LogP contribution is 2.32. The van der Waals surface area contributed by atoms with Gasteiger partial charge >= 0.3 is 0 Å². The minimum Gasteiger partial charge on any atom is -0.396 e. The van der Waals surface area contributed by atoms with Crippen LogP contribution < -0.4 is 0 Å². The summed E-state index contributed by atoms with van der Waals surface area (Å²) in [5.41, 5.74) is 0.920. The molecule has 0 heterocycles. The molecular formula is C20H31BrO2. The summed E-state index contributed by atoms with van der Waals surface area (Å²) in [6.07, 6.45) is 19.8. The van der Waals surface area contributed by atoms with Crippen LogP contribution in [0.4, 0.5) is 0 Å². The topological polar surface area (TPSA) is 37.3 Å². The number of ketones is 1. The Kier molecular flexibility index (Phi) is 11.3. The Bertz CT molecular complexity index is 435. The fraction of sp³-hybridized carbons (Fsp3) is 0.650. The number of unbranched alkanes of at least 4 members (excludes halogenated alkanes) is 8. The van der Waals surface area contributed by atoms with Crippen LogP contribution in [-0.4, -0.2) is 17.5 Å². The van der Waals surface area contributed by atoms with Gasteiger partial charge in [0.15, 0.2) is 5.78 Å². The van der Waals surface area contributed by atoms with Gasteiger partial charge in [0.1, 0.15) is 0 Å². The molecule has 0 aromatic heterocycles. The minimum atomic E-state index is 0.139. The van der Waals surface area contributed by atoms with Gasteiger partial charge in [-0.15, -0.1) is 0 Å². The van der Waals surface area contributed by atoms with Gasteiger partial charge in [-0.25, -0.2) is 0 Å².